The predicted molar refractivity (Wildman–Crippen MR) is 65.3 cm³/mol. The number of thioether (sulfide) groups is 1. The van der Waals surface area contributed by atoms with Gasteiger partial charge >= 0.3 is 5.24 Å². The molecule has 1 amide bonds. The Morgan fingerprint density at radius 3 is 2.87 bits per heavy atom. The summed E-state index contributed by atoms with van der Waals surface area (Å²) in [5.74, 6) is 0. The molecule has 0 bridgehead atoms. The van der Waals surface area contributed by atoms with E-state index in [2.05, 4.69) is 4.99 Å². The zero-order chi connectivity index (χ0) is 10.8. The third-order valence-corrected chi connectivity index (χ3v) is 3.63. The summed E-state index contributed by atoms with van der Waals surface area (Å²) < 4.78 is 3.08. The third-order valence-electron chi connectivity index (χ3n) is 2.08. The predicted octanol–water partition coefficient (Wildman–Crippen LogP) is 2.62. The maximum Gasteiger partial charge on any atom is 0.307 e. The number of carbonyl (C=O) groups is 1. The van der Waals surface area contributed by atoms with Crippen molar-refractivity contribution in [2.45, 2.75) is 0 Å². The second-order valence-electron chi connectivity index (χ2n) is 2.99. The third kappa shape index (κ3) is 1.98. The van der Waals surface area contributed by atoms with Crippen LogP contribution in [-0.2, 0) is 7.05 Å². The number of aryl methyl sites for hydroxylation is 1. The van der Waals surface area contributed by atoms with Crippen molar-refractivity contribution in [1.82, 2.24) is 4.57 Å². The first-order chi connectivity index (χ1) is 7.22. The Balaban J connectivity index is 2.68. The number of hydrogen-bond acceptors (Lipinski definition) is 3. The highest BCUT2D eigenvalue weighted by Gasteiger charge is 2.02. The Labute approximate surface area is 95.5 Å². The van der Waals surface area contributed by atoms with Gasteiger partial charge in [0.25, 0.3) is 0 Å². The van der Waals surface area contributed by atoms with E-state index < -0.39 is 0 Å². The molecule has 0 saturated carbocycles. The summed E-state index contributed by atoms with van der Waals surface area (Å²) in [5.41, 5.74) is 1.11. The molecule has 0 atom stereocenters. The lowest BCUT2D eigenvalue weighted by atomic mass is 10.3. The zero-order valence-electron chi connectivity index (χ0n) is 8.43. The number of aromatic nitrogens is 1. The largest absolute Gasteiger partial charge is 0.319 e. The Morgan fingerprint density at radius 1 is 1.47 bits per heavy atom. The van der Waals surface area contributed by atoms with Gasteiger partial charge in [0.15, 0.2) is 4.80 Å². The van der Waals surface area contributed by atoms with Crippen LogP contribution in [0.3, 0.4) is 0 Å². The van der Waals surface area contributed by atoms with E-state index in [-0.39, 0.29) is 5.24 Å². The van der Waals surface area contributed by atoms with Crippen LogP contribution in [0.2, 0.25) is 0 Å². The Kier molecular flexibility index (Phi) is 2.93. The lowest BCUT2D eigenvalue weighted by Gasteiger charge is -1.92. The SMILES string of the molecule is CSC(=O)/N=c1/sc2ccccc2n1C. The molecule has 1 aromatic heterocycles. The van der Waals surface area contributed by atoms with E-state index >= 15 is 0 Å². The van der Waals surface area contributed by atoms with Crippen LogP contribution in [0.4, 0.5) is 4.79 Å². The average molecular weight is 238 g/mol. The van der Waals surface area contributed by atoms with Gasteiger partial charge in [0.1, 0.15) is 0 Å². The van der Waals surface area contributed by atoms with Crippen LogP contribution in [0.25, 0.3) is 10.2 Å². The summed E-state index contributed by atoms with van der Waals surface area (Å²) in [4.78, 5) is 16.0. The minimum absolute atomic E-state index is 0.155. The molecule has 0 fully saturated rings. The molecule has 1 aromatic carbocycles. The summed E-state index contributed by atoms with van der Waals surface area (Å²) in [6.07, 6.45) is 1.74. The van der Waals surface area contributed by atoms with E-state index in [4.69, 9.17) is 0 Å². The van der Waals surface area contributed by atoms with Crippen molar-refractivity contribution in [3.05, 3.63) is 29.1 Å². The Morgan fingerprint density at radius 2 is 2.20 bits per heavy atom. The van der Waals surface area contributed by atoms with Gasteiger partial charge in [-0.1, -0.05) is 35.2 Å². The van der Waals surface area contributed by atoms with Crippen LogP contribution in [-0.4, -0.2) is 16.1 Å². The lowest BCUT2D eigenvalue weighted by Crippen LogP contribution is -2.11. The molecule has 2 rings (SSSR count). The number of rotatable bonds is 0. The normalized spacial score (nSPS) is 12.3. The van der Waals surface area contributed by atoms with E-state index in [0.717, 1.165) is 26.8 Å². The zero-order valence-corrected chi connectivity index (χ0v) is 10.1. The molecule has 0 unspecified atom stereocenters. The monoisotopic (exact) mass is 238 g/mol. The fraction of sp³-hybridized carbons (Fsp3) is 0.200. The number of thiazole rings is 1. The minimum Gasteiger partial charge on any atom is -0.319 e. The van der Waals surface area contributed by atoms with Crippen LogP contribution in [0.15, 0.2) is 29.3 Å². The van der Waals surface area contributed by atoms with Crippen molar-refractivity contribution in [2.24, 2.45) is 12.0 Å². The van der Waals surface area contributed by atoms with Gasteiger partial charge in [-0.05, 0) is 18.4 Å². The number of hydrogen-bond donors (Lipinski definition) is 0. The van der Waals surface area contributed by atoms with Crippen molar-refractivity contribution in [3.8, 4) is 0 Å². The van der Waals surface area contributed by atoms with Gasteiger partial charge in [0, 0.05) is 7.05 Å². The average Bonchev–Trinajstić information content (AvgIpc) is 2.57. The maximum atomic E-state index is 11.2. The van der Waals surface area contributed by atoms with Crippen molar-refractivity contribution < 1.29 is 4.79 Å². The molecule has 5 heteroatoms. The number of amides is 1. The van der Waals surface area contributed by atoms with Crippen LogP contribution < -0.4 is 4.80 Å². The molecular weight excluding hydrogens is 228 g/mol. The first kappa shape index (κ1) is 10.4. The van der Waals surface area contributed by atoms with E-state index in [0.29, 0.717) is 0 Å². The Hall–Kier alpha value is -1.07. The highest BCUT2D eigenvalue weighted by atomic mass is 32.2. The van der Waals surface area contributed by atoms with Crippen molar-refractivity contribution in [1.29, 1.82) is 0 Å². The van der Waals surface area contributed by atoms with Gasteiger partial charge in [0.05, 0.1) is 10.2 Å². The second-order valence-corrected chi connectivity index (χ2v) is 4.76. The molecule has 0 radical (unpaired) electrons. The number of fused-ring (bicyclic) bond motifs is 1. The fourth-order valence-corrected chi connectivity index (χ4v) is 2.56. The van der Waals surface area contributed by atoms with Crippen LogP contribution in [0.5, 0.6) is 0 Å². The summed E-state index contributed by atoms with van der Waals surface area (Å²) in [7, 11) is 1.92. The van der Waals surface area contributed by atoms with Crippen molar-refractivity contribution in [3.63, 3.8) is 0 Å². The smallest absolute Gasteiger partial charge is 0.307 e. The van der Waals surface area contributed by atoms with Gasteiger partial charge in [-0.3, -0.25) is 4.79 Å². The number of para-hydroxylation sites is 1. The summed E-state index contributed by atoms with van der Waals surface area (Å²) in [6, 6.07) is 8.02. The van der Waals surface area contributed by atoms with Gasteiger partial charge in [-0.25, -0.2) is 0 Å². The quantitative estimate of drug-likeness (QED) is 0.707. The molecule has 0 aliphatic carbocycles. The van der Waals surface area contributed by atoms with Crippen LogP contribution >= 0.6 is 23.1 Å². The molecule has 2 aromatic rings. The summed E-state index contributed by atoms with van der Waals surface area (Å²) in [5, 5.41) is -0.155. The fourth-order valence-electron chi connectivity index (χ4n) is 1.31. The molecule has 3 nitrogen and oxygen atoms in total. The summed E-state index contributed by atoms with van der Waals surface area (Å²) >= 11 is 2.66. The van der Waals surface area contributed by atoms with E-state index in [1.807, 2.05) is 35.9 Å². The van der Waals surface area contributed by atoms with Crippen LogP contribution in [0.1, 0.15) is 0 Å². The van der Waals surface area contributed by atoms with Crippen LogP contribution in [0, 0.1) is 0 Å². The van der Waals surface area contributed by atoms with Gasteiger partial charge < -0.3 is 4.57 Å². The first-order valence-electron chi connectivity index (χ1n) is 4.39. The molecule has 1 heterocycles. The van der Waals surface area contributed by atoms with E-state index in [9.17, 15) is 4.79 Å². The molecule has 0 aliphatic rings. The van der Waals surface area contributed by atoms with Gasteiger partial charge in [0.2, 0.25) is 0 Å². The standard InChI is InChI=1S/C10H10N2OS2/c1-12-7-5-3-4-6-8(7)15-9(12)11-10(13)14-2/h3-6H,1-2H3/b11-9+. The topological polar surface area (TPSA) is 34.4 Å². The molecule has 78 valence electrons. The van der Waals surface area contributed by atoms with E-state index in [1.165, 1.54) is 11.3 Å². The molecule has 0 aliphatic heterocycles. The van der Waals surface area contributed by atoms with E-state index in [1.54, 1.807) is 6.26 Å². The highest BCUT2D eigenvalue weighted by molar-refractivity contribution is 8.13. The molecule has 0 saturated heterocycles. The minimum atomic E-state index is -0.155. The Bertz CT molecular complexity index is 568. The maximum absolute atomic E-state index is 11.2. The molecular formula is C10H10N2OS2. The van der Waals surface area contributed by atoms with Crippen molar-refractivity contribution >= 4 is 38.6 Å². The number of carbonyl (C=O) groups excluding carboxylic acids is 1. The molecule has 0 N–H and O–H groups in total. The second kappa shape index (κ2) is 4.20. The first-order valence-corrected chi connectivity index (χ1v) is 6.43. The van der Waals surface area contributed by atoms with Gasteiger partial charge in [-0.15, -0.1) is 0 Å². The number of nitrogens with zero attached hydrogens (tertiary/aromatic N) is 2. The summed E-state index contributed by atoms with van der Waals surface area (Å²) in [6.45, 7) is 0. The number of benzene rings is 1. The molecule has 0 spiro atoms. The molecule has 15 heavy (non-hydrogen) atoms. The lowest BCUT2D eigenvalue weighted by molar-refractivity contribution is 0.267. The highest BCUT2D eigenvalue weighted by Crippen LogP contribution is 2.15. The van der Waals surface area contributed by atoms with Gasteiger partial charge in [-0.2, -0.15) is 4.99 Å². The van der Waals surface area contributed by atoms with Crippen molar-refractivity contribution in [2.75, 3.05) is 6.26 Å².